The number of amides is 2. The number of hydrogen-bond donors (Lipinski definition) is 0. The number of halogens is 1. The van der Waals surface area contributed by atoms with Crippen LogP contribution in [0.2, 0.25) is 0 Å². The van der Waals surface area contributed by atoms with Crippen LogP contribution < -0.4 is 0 Å². The van der Waals surface area contributed by atoms with Gasteiger partial charge in [0.05, 0.1) is 26.1 Å². The second-order valence-electron chi connectivity index (χ2n) is 7.91. The van der Waals surface area contributed by atoms with Crippen LogP contribution in [0, 0.1) is 11.7 Å². The van der Waals surface area contributed by atoms with Gasteiger partial charge in [0.1, 0.15) is 11.4 Å². The highest BCUT2D eigenvalue weighted by atomic mass is 19.1. The van der Waals surface area contributed by atoms with E-state index in [-0.39, 0.29) is 35.6 Å². The zero-order chi connectivity index (χ0) is 18.1. The van der Waals surface area contributed by atoms with Crippen molar-refractivity contribution in [1.82, 2.24) is 9.80 Å². The molecule has 26 heavy (non-hydrogen) atoms. The fourth-order valence-electron chi connectivity index (χ4n) is 4.35. The van der Waals surface area contributed by atoms with Crippen LogP contribution in [0.1, 0.15) is 31.2 Å². The summed E-state index contributed by atoms with van der Waals surface area (Å²) in [6, 6.07) is 6.05. The van der Waals surface area contributed by atoms with Crippen molar-refractivity contribution in [3.8, 4) is 0 Å². The SMILES string of the molecule is O=C(CC1COC2(C1)CN(C(=O)Cc1ccc(F)cc1)C2)N1CCCC1. The summed E-state index contributed by atoms with van der Waals surface area (Å²) in [5, 5.41) is 0. The maximum atomic E-state index is 12.9. The second-order valence-corrected chi connectivity index (χ2v) is 7.91. The molecule has 0 bridgehead atoms. The van der Waals surface area contributed by atoms with E-state index in [4.69, 9.17) is 4.74 Å². The largest absolute Gasteiger partial charge is 0.371 e. The van der Waals surface area contributed by atoms with Gasteiger partial charge in [0.25, 0.3) is 0 Å². The molecule has 1 aromatic carbocycles. The summed E-state index contributed by atoms with van der Waals surface area (Å²) in [5.74, 6) is 0.259. The lowest BCUT2D eigenvalue weighted by Gasteiger charge is -2.47. The normalized spacial score (nSPS) is 24.1. The van der Waals surface area contributed by atoms with Gasteiger partial charge >= 0.3 is 0 Å². The van der Waals surface area contributed by atoms with E-state index in [2.05, 4.69) is 0 Å². The van der Waals surface area contributed by atoms with Gasteiger partial charge in [-0.05, 0) is 42.9 Å². The van der Waals surface area contributed by atoms with Gasteiger partial charge < -0.3 is 14.5 Å². The Balaban J connectivity index is 1.24. The fraction of sp³-hybridized carbons (Fsp3) is 0.600. The average Bonchev–Trinajstić information content (AvgIpc) is 3.25. The smallest absolute Gasteiger partial charge is 0.227 e. The third-order valence-electron chi connectivity index (χ3n) is 5.79. The molecule has 3 heterocycles. The molecule has 2 amide bonds. The summed E-state index contributed by atoms with van der Waals surface area (Å²) in [4.78, 5) is 28.4. The molecular formula is C20H25FN2O3. The maximum Gasteiger partial charge on any atom is 0.227 e. The van der Waals surface area contributed by atoms with Crippen LogP contribution in [0.4, 0.5) is 4.39 Å². The standard InChI is InChI=1S/C20H25FN2O3/c21-17-5-3-15(4-6-17)9-19(25)23-13-20(14-23)11-16(12-26-20)10-18(24)22-7-1-2-8-22/h3-6,16H,1-2,7-14H2. The van der Waals surface area contributed by atoms with E-state index in [0.717, 1.165) is 37.9 Å². The van der Waals surface area contributed by atoms with Gasteiger partial charge in [-0.3, -0.25) is 9.59 Å². The van der Waals surface area contributed by atoms with Crippen LogP contribution in [0.5, 0.6) is 0 Å². The summed E-state index contributed by atoms with van der Waals surface area (Å²) in [5.41, 5.74) is 0.563. The van der Waals surface area contributed by atoms with E-state index in [0.29, 0.717) is 26.1 Å². The number of carbonyl (C=O) groups excluding carboxylic acids is 2. The van der Waals surface area contributed by atoms with Crippen molar-refractivity contribution in [2.45, 2.75) is 37.7 Å². The van der Waals surface area contributed by atoms with Crippen molar-refractivity contribution in [2.24, 2.45) is 5.92 Å². The number of ether oxygens (including phenoxy) is 1. The van der Waals surface area contributed by atoms with Crippen molar-refractivity contribution in [3.63, 3.8) is 0 Å². The number of rotatable bonds is 4. The zero-order valence-electron chi connectivity index (χ0n) is 15.0. The predicted molar refractivity (Wildman–Crippen MR) is 93.9 cm³/mol. The van der Waals surface area contributed by atoms with E-state index in [1.54, 1.807) is 17.0 Å². The topological polar surface area (TPSA) is 49.9 Å². The first-order chi connectivity index (χ1) is 12.5. The minimum absolute atomic E-state index is 0.0439. The molecule has 3 saturated heterocycles. The van der Waals surface area contributed by atoms with Gasteiger partial charge in [-0.25, -0.2) is 4.39 Å². The van der Waals surface area contributed by atoms with Crippen LogP contribution in [0.25, 0.3) is 0 Å². The van der Waals surface area contributed by atoms with Crippen LogP contribution >= 0.6 is 0 Å². The molecule has 0 aromatic heterocycles. The monoisotopic (exact) mass is 360 g/mol. The lowest BCUT2D eigenvalue weighted by molar-refractivity contribution is -0.157. The third-order valence-corrected chi connectivity index (χ3v) is 5.79. The second kappa shape index (κ2) is 6.99. The number of nitrogens with zero attached hydrogens (tertiary/aromatic N) is 2. The van der Waals surface area contributed by atoms with Gasteiger partial charge in [0, 0.05) is 19.5 Å². The zero-order valence-corrected chi connectivity index (χ0v) is 15.0. The Bertz CT molecular complexity index is 679. The highest BCUT2D eigenvalue weighted by Crippen LogP contribution is 2.39. The van der Waals surface area contributed by atoms with Crippen molar-refractivity contribution in [2.75, 3.05) is 32.8 Å². The van der Waals surface area contributed by atoms with Crippen LogP contribution in [-0.4, -0.2) is 60.0 Å². The summed E-state index contributed by atoms with van der Waals surface area (Å²) in [7, 11) is 0. The maximum absolute atomic E-state index is 12.9. The highest BCUT2D eigenvalue weighted by Gasteiger charge is 2.51. The quantitative estimate of drug-likeness (QED) is 0.825. The minimum Gasteiger partial charge on any atom is -0.371 e. The van der Waals surface area contributed by atoms with E-state index in [1.807, 2.05) is 4.90 Å². The van der Waals surface area contributed by atoms with E-state index >= 15 is 0 Å². The molecule has 6 heteroatoms. The van der Waals surface area contributed by atoms with Gasteiger partial charge in [0.15, 0.2) is 0 Å². The first-order valence-corrected chi connectivity index (χ1v) is 9.47. The minimum atomic E-state index is -0.294. The molecule has 0 aliphatic carbocycles. The lowest BCUT2D eigenvalue weighted by atomic mass is 9.85. The van der Waals surface area contributed by atoms with Crippen LogP contribution in [0.3, 0.4) is 0 Å². The van der Waals surface area contributed by atoms with E-state index < -0.39 is 0 Å². The van der Waals surface area contributed by atoms with Crippen molar-refractivity contribution >= 4 is 11.8 Å². The Hall–Kier alpha value is -1.95. The first-order valence-electron chi connectivity index (χ1n) is 9.47. The number of hydrogen-bond acceptors (Lipinski definition) is 3. The van der Waals surface area contributed by atoms with Crippen molar-refractivity contribution < 1.29 is 18.7 Å². The Morgan fingerprint density at radius 1 is 1.08 bits per heavy atom. The molecule has 1 unspecified atom stereocenters. The predicted octanol–water partition coefficient (Wildman–Crippen LogP) is 2.00. The molecule has 3 aliphatic heterocycles. The molecule has 0 N–H and O–H groups in total. The van der Waals surface area contributed by atoms with Crippen molar-refractivity contribution in [1.29, 1.82) is 0 Å². The lowest BCUT2D eigenvalue weighted by Crippen LogP contribution is -2.63. The Morgan fingerprint density at radius 3 is 2.46 bits per heavy atom. The Morgan fingerprint density at radius 2 is 1.77 bits per heavy atom. The number of carbonyl (C=O) groups is 2. The summed E-state index contributed by atoms with van der Waals surface area (Å²) < 4.78 is 18.9. The van der Waals surface area contributed by atoms with Gasteiger partial charge in [-0.2, -0.15) is 0 Å². The van der Waals surface area contributed by atoms with E-state index in [1.165, 1.54) is 12.1 Å². The van der Waals surface area contributed by atoms with Crippen LogP contribution in [-0.2, 0) is 20.7 Å². The average molecular weight is 360 g/mol. The van der Waals surface area contributed by atoms with Crippen molar-refractivity contribution in [3.05, 3.63) is 35.6 Å². The number of likely N-dealkylation sites (tertiary alicyclic amines) is 2. The summed E-state index contributed by atoms with van der Waals surface area (Å²) in [6.45, 7) is 3.59. The molecule has 140 valence electrons. The molecule has 3 fully saturated rings. The molecule has 1 aromatic rings. The molecule has 0 saturated carbocycles. The molecule has 1 spiro atoms. The van der Waals surface area contributed by atoms with Crippen LogP contribution in [0.15, 0.2) is 24.3 Å². The summed E-state index contributed by atoms with van der Waals surface area (Å²) in [6.07, 6.45) is 3.93. The molecule has 3 aliphatic rings. The Labute approximate surface area is 153 Å². The van der Waals surface area contributed by atoms with Gasteiger partial charge in [-0.1, -0.05) is 12.1 Å². The highest BCUT2D eigenvalue weighted by molar-refractivity contribution is 5.80. The first kappa shape index (κ1) is 17.5. The molecule has 4 rings (SSSR count). The fourth-order valence-corrected chi connectivity index (χ4v) is 4.35. The number of benzene rings is 1. The molecule has 5 nitrogen and oxygen atoms in total. The van der Waals surface area contributed by atoms with Gasteiger partial charge in [0.2, 0.25) is 11.8 Å². The van der Waals surface area contributed by atoms with Gasteiger partial charge in [-0.15, -0.1) is 0 Å². The Kier molecular flexibility index (Phi) is 4.69. The molecular weight excluding hydrogens is 335 g/mol. The third kappa shape index (κ3) is 3.61. The molecule has 0 radical (unpaired) electrons. The summed E-state index contributed by atoms with van der Waals surface area (Å²) >= 11 is 0. The molecule has 1 atom stereocenters. The van der Waals surface area contributed by atoms with E-state index in [9.17, 15) is 14.0 Å².